The first-order chi connectivity index (χ1) is 6.36. The molecule has 0 saturated heterocycles. The molecule has 0 bridgehead atoms. The minimum absolute atomic E-state index is 0.874. The molecule has 1 aromatic carbocycles. The van der Waals surface area contributed by atoms with Crippen LogP contribution in [-0.4, -0.2) is 0 Å². The standard InChI is InChI=1S/C11H7BrO/c12-11-9-5-7-3-1-2-4-8(7)10(9)6-13-11/h1-4,6H,5H2. The zero-order valence-electron chi connectivity index (χ0n) is 6.88. The van der Waals surface area contributed by atoms with E-state index < -0.39 is 0 Å². The van der Waals surface area contributed by atoms with Gasteiger partial charge in [0.25, 0.3) is 0 Å². The molecule has 13 heavy (non-hydrogen) atoms. The van der Waals surface area contributed by atoms with Crippen LogP contribution in [0.3, 0.4) is 0 Å². The van der Waals surface area contributed by atoms with Gasteiger partial charge in [0.2, 0.25) is 0 Å². The second-order valence-corrected chi connectivity index (χ2v) is 3.96. The zero-order valence-corrected chi connectivity index (χ0v) is 8.47. The summed E-state index contributed by atoms with van der Waals surface area (Å²) in [5.74, 6) is 0. The van der Waals surface area contributed by atoms with Crippen molar-refractivity contribution in [1.29, 1.82) is 0 Å². The molecule has 2 aromatic rings. The van der Waals surface area contributed by atoms with Crippen molar-refractivity contribution in [3.05, 3.63) is 46.3 Å². The Kier molecular flexibility index (Phi) is 1.41. The van der Waals surface area contributed by atoms with Crippen LogP contribution in [0.2, 0.25) is 0 Å². The van der Waals surface area contributed by atoms with E-state index in [9.17, 15) is 0 Å². The van der Waals surface area contributed by atoms with Crippen molar-refractivity contribution < 1.29 is 4.42 Å². The molecule has 0 amide bonds. The van der Waals surface area contributed by atoms with Crippen molar-refractivity contribution in [1.82, 2.24) is 0 Å². The highest BCUT2D eigenvalue weighted by molar-refractivity contribution is 9.10. The largest absolute Gasteiger partial charge is 0.457 e. The van der Waals surface area contributed by atoms with Crippen LogP contribution in [0.1, 0.15) is 11.1 Å². The molecule has 1 nitrogen and oxygen atoms in total. The van der Waals surface area contributed by atoms with Crippen LogP contribution < -0.4 is 0 Å². The monoisotopic (exact) mass is 234 g/mol. The van der Waals surface area contributed by atoms with Gasteiger partial charge in [-0.05, 0) is 27.1 Å². The van der Waals surface area contributed by atoms with Crippen LogP contribution in [0, 0.1) is 0 Å². The molecule has 1 aliphatic carbocycles. The quantitative estimate of drug-likeness (QED) is 0.580. The summed E-state index contributed by atoms with van der Waals surface area (Å²) in [4.78, 5) is 0. The average molecular weight is 235 g/mol. The summed E-state index contributed by atoms with van der Waals surface area (Å²) in [5, 5.41) is 0. The Labute approximate surface area is 84.5 Å². The van der Waals surface area contributed by atoms with Gasteiger partial charge in [-0.15, -0.1) is 0 Å². The molecular formula is C11H7BrO. The van der Waals surface area contributed by atoms with E-state index in [4.69, 9.17) is 4.42 Å². The molecule has 1 aromatic heterocycles. The van der Waals surface area contributed by atoms with Crippen LogP contribution in [0.5, 0.6) is 0 Å². The average Bonchev–Trinajstić information content (AvgIpc) is 2.67. The maximum absolute atomic E-state index is 5.31. The molecule has 1 heterocycles. The predicted octanol–water partition coefficient (Wildman–Crippen LogP) is 3.61. The molecule has 0 spiro atoms. The lowest BCUT2D eigenvalue weighted by Crippen LogP contribution is -1.78. The number of furan rings is 1. The first-order valence-electron chi connectivity index (χ1n) is 4.20. The first kappa shape index (κ1) is 7.39. The zero-order chi connectivity index (χ0) is 8.84. The summed E-state index contributed by atoms with van der Waals surface area (Å²) in [6.45, 7) is 0. The molecule has 0 saturated carbocycles. The molecule has 2 heteroatoms. The molecule has 0 aliphatic heterocycles. The van der Waals surface area contributed by atoms with Crippen LogP contribution >= 0.6 is 15.9 Å². The lowest BCUT2D eigenvalue weighted by atomic mass is 10.1. The number of rotatable bonds is 0. The van der Waals surface area contributed by atoms with Crippen molar-refractivity contribution in [2.75, 3.05) is 0 Å². The summed E-state index contributed by atoms with van der Waals surface area (Å²) in [5.41, 5.74) is 5.22. The fourth-order valence-electron chi connectivity index (χ4n) is 1.88. The van der Waals surface area contributed by atoms with Gasteiger partial charge in [0.15, 0.2) is 4.67 Å². The number of hydrogen-bond donors (Lipinski definition) is 0. The van der Waals surface area contributed by atoms with Gasteiger partial charge in [-0.25, -0.2) is 0 Å². The van der Waals surface area contributed by atoms with Gasteiger partial charge in [0.1, 0.15) is 6.26 Å². The molecule has 0 N–H and O–H groups in total. The number of halogens is 1. The van der Waals surface area contributed by atoms with Crippen molar-refractivity contribution in [2.24, 2.45) is 0 Å². The number of hydrogen-bond acceptors (Lipinski definition) is 1. The normalized spacial score (nSPS) is 12.7. The minimum Gasteiger partial charge on any atom is -0.457 e. The van der Waals surface area contributed by atoms with Crippen LogP contribution in [-0.2, 0) is 6.42 Å². The summed E-state index contributed by atoms with van der Waals surface area (Å²) < 4.78 is 6.18. The second-order valence-electron chi connectivity index (χ2n) is 3.24. The maximum Gasteiger partial charge on any atom is 0.173 e. The second kappa shape index (κ2) is 2.48. The van der Waals surface area contributed by atoms with Gasteiger partial charge in [-0.3, -0.25) is 0 Å². The molecule has 1 aliphatic rings. The van der Waals surface area contributed by atoms with Gasteiger partial charge in [0, 0.05) is 17.5 Å². The van der Waals surface area contributed by atoms with Gasteiger partial charge in [0.05, 0.1) is 0 Å². The Balaban J connectivity index is 2.32. The molecule has 0 unspecified atom stereocenters. The van der Waals surface area contributed by atoms with E-state index in [1.807, 2.05) is 6.26 Å². The Morgan fingerprint density at radius 1 is 1.15 bits per heavy atom. The van der Waals surface area contributed by atoms with Crippen molar-refractivity contribution in [3.8, 4) is 11.1 Å². The number of fused-ring (bicyclic) bond motifs is 3. The van der Waals surface area contributed by atoms with E-state index in [1.54, 1.807) is 0 Å². The van der Waals surface area contributed by atoms with Crippen molar-refractivity contribution in [3.63, 3.8) is 0 Å². The summed E-state index contributed by atoms with van der Waals surface area (Å²) in [6, 6.07) is 8.45. The van der Waals surface area contributed by atoms with Gasteiger partial charge < -0.3 is 4.42 Å². The Morgan fingerprint density at radius 3 is 2.92 bits per heavy atom. The third kappa shape index (κ3) is 0.923. The third-order valence-corrected chi connectivity index (χ3v) is 3.18. The summed E-state index contributed by atoms with van der Waals surface area (Å²) in [7, 11) is 0. The summed E-state index contributed by atoms with van der Waals surface area (Å²) >= 11 is 3.41. The van der Waals surface area contributed by atoms with Crippen molar-refractivity contribution in [2.45, 2.75) is 6.42 Å². The summed E-state index contributed by atoms with van der Waals surface area (Å²) in [6.07, 6.45) is 2.81. The van der Waals surface area contributed by atoms with Gasteiger partial charge in [-0.2, -0.15) is 0 Å². The fourth-order valence-corrected chi connectivity index (χ4v) is 2.32. The molecule has 0 atom stereocenters. The van der Waals surface area contributed by atoms with E-state index in [0.717, 1.165) is 11.1 Å². The Hall–Kier alpha value is -1.02. The highest BCUT2D eigenvalue weighted by Gasteiger charge is 2.22. The Bertz CT molecular complexity index is 471. The minimum atomic E-state index is 0.874. The lowest BCUT2D eigenvalue weighted by Gasteiger charge is -1.95. The van der Waals surface area contributed by atoms with E-state index >= 15 is 0 Å². The van der Waals surface area contributed by atoms with E-state index in [1.165, 1.54) is 22.3 Å². The third-order valence-electron chi connectivity index (χ3n) is 2.52. The van der Waals surface area contributed by atoms with Crippen LogP contribution in [0.25, 0.3) is 11.1 Å². The van der Waals surface area contributed by atoms with Crippen LogP contribution in [0.15, 0.2) is 39.6 Å². The number of benzene rings is 1. The fraction of sp³-hybridized carbons (Fsp3) is 0.0909. The SMILES string of the molecule is Brc1occ2c1Cc1ccccc1-2. The van der Waals surface area contributed by atoms with Crippen LogP contribution in [0.4, 0.5) is 0 Å². The van der Waals surface area contributed by atoms with Crippen molar-refractivity contribution >= 4 is 15.9 Å². The van der Waals surface area contributed by atoms with E-state index in [-0.39, 0.29) is 0 Å². The molecule has 0 fully saturated rings. The smallest absolute Gasteiger partial charge is 0.173 e. The maximum atomic E-state index is 5.31. The van der Waals surface area contributed by atoms with E-state index in [0.29, 0.717) is 0 Å². The molecule has 3 rings (SSSR count). The lowest BCUT2D eigenvalue weighted by molar-refractivity contribution is 0.537. The Morgan fingerprint density at radius 2 is 2.00 bits per heavy atom. The van der Waals surface area contributed by atoms with Gasteiger partial charge >= 0.3 is 0 Å². The van der Waals surface area contributed by atoms with Gasteiger partial charge in [-0.1, -0.05) is 24.3 Å². The highest BCUT2D eigenvalue weighted by atomic mass is 79.9. The first-order valence-corrected chi connectivity index (χ1v) is 4.99. The highest BCUT2D eigenvalue weighted by Crippen LogP contribution is 2.41. The molecule has 64 valence electrons. The van der Waals surface area contributed by atoms with E-state index in [2.05, 4.69) is 40.2 Å². The molecular weight excluding hydrogens is 228 g/mol. The topological polar surface area (TPSA) is 13.1 Å². The molecule has 0 radical (unpaired) electrons. The predicted molar refractivity (Wildman–Crippen MR) is 54.7 cm³/mol.